The summed E-state index contributed by atoms with van der Waals surface area (Å²) in [6.45, 7) is 9.64. The molecule has 39 heavy (non-hydrogen) atoms. The maximum atomic E-state index is 13.1. The lowest BCUT2D eigenvalue weighted by atomic mass is 9.83. The lowest BCUT2D eigenvalue weighted by Crippen LogP contribution is -2.63. The lowest BCUT2D eigenvalue weighted by Gasteiger charge is -2.47. The molecule has 4 unspecified atom stereocenters. The molecule has 3 aliphatic rings. The van der Waals surface area contributed by atoms with Gasteiger partial charge in [0.2, 0.25) is 5.91 Å². The van der Waals surface area contributed by atoms with Crippen LogP contribution in [0.3, 0.4) is 0 Å². The first-order valence-corrected chi connectivity index (χ1v) is 15.1. The maximum Gasteiger partial charge on any atom is 0.335 e. The SMILES string of the molecule is CC(C)S(=N)(=O)c1ccc(NC2NN([C@]3(CC#N)CC[C@@H](C(=O)OC(C)(C)C)OC3)C3CCNC(=O)C23)cc1. The van der Waals surface area contributed by atoms with Crippen LogP contribution in [0.1, 0.15) is 60.3 Å². The lowest BCUT2D eigenvalue weighted by molar-refractivity contribution is -0.180. The Hall–Kier alpha value is -2.72. The minimum atomic E-state index is -2.90. The van der Waals surface area contributed by atoms with E-state index < -0.39 is 45.0 Å². The van der Waals surface area contributed by atoms with Gasteiger partial charge in [-0.25, -0.2) is 24.2 Å². The van der Waals surface area contributed by atoms with E-state index in [1.54, 1.807) is 38.1 Å². The number of piperidine rings is 1. The fourth-order valence-electron chi connectivity index (χ4n) is 5.55. The number of esters is 1. The number of carbonyl (C=O) groups excluding carboxylic acids is 2. The molecule has 6 atom stereocenters. The molecule has 0 aromatic heterocycles. The summed E-state index contributed by atoms with van der Waals surface area (Å²) in [6.07, 6.45) is 0.621. The Kier molecular flexibility index (Phi) is 8.28. The Morgan fingerprint density at radius 2 is 2.03 bits per heavy atom. The second kappa shape index (κ2) is 11.0. The zero-order chi connectivity index (χ0) is 28.6. The van der Waals surface area contributed by atoms with E-state index in [2.05, 4.69) is 22.1 Å². The topological polar surface area (TPSA) is 157 Å². The Balaban J connectivity index is 1.54. The molecule has 0 radical (unpaired) electrons. The van der Waals surface area contributed by atoms with Crippen molar-refractivity contribution in [1.82, 2.24) is 15.8 Å². The molecule has 1 aromatic carbocycles. The van der Waals surface area contributed by atoms with Gasteiger partial charge in [-0.2, -0.15) is 5.26 Å². The van der Waals surface area contributed by atoms with Crippen molar-refractivity contribution >= 4 is 27.3 Å². The zero-order valence-corrected chi connectivity index (χ0v) is 24.1. The summed E-state index contributed by atoms with van der Waals surface area (Å²) >= 11 is 0. The van der Waals surface area contributed by atoms with E-state index in [4.69, 9.17) is 14.3 Å². The van der Waals surface area contributed by atoms with E-state index in [1.165, 1.54) is 0 Å². The minimum Gasteiger partial charge on any atom is -0.458 e. The number of hydrogen-bond donors (Lipinski definition) is 4. The molecule has 3 fully saturated rings. The molecule has 12 heteroatoms. The molecular weight excluding hydrogens is 520 g/mol. The summed E-state index contributed by atoms with van der Waals surface area (Å²) < 4.78 is 32.5. The number of benzene rings is 1. The van der Waals surface area contributed by atoms with Crippen LogP contribution in [0.5, 0.6) is 0 Å². The van der Waals surface area contributed by atoms with Crippen molar-refractivity contribution in [2.24, 2.45) is 5.92 Å². The molecule has 0 aliphatic carbocycles. The predicted octanol–water partition coefficient (Wildman–Crippen LogP) is 2.74. The van der Waals surface area contributed by atoms with E-state index in [0.29, 0.717) is 36.4 Å². The molecule has 1 aromatic rings. The van der Waals surface area contributed by atoms with Gasteiger partial charge in [0, 0.05) is 28.4 Å². The average molecular weight is 561 g/mol. The fourth-order valence-corrected chi connectivity index (χ4v) is 6.63. The van der Waals surface area contributed by atoms with Crippen molar-refractivity contribution in [3.05, 3.63) is 24.3 Å². The van der Waals surface area contributed by atoms with Crippen LogP contribution in [0.15, 0.2) is 29.2 Å². The molecule has 4 N–H and O–H groups in total. The molecule has 3 heterocycles. The van der Waals surface area contributed by atoms with Gasteiger partial charge in [0.05, 0.1) is 40.3 Å². The number of nitriles is 1. The van der Waals surface area contributed by atoms with Gasteiger partial charge >= 0.3 is 5.97 Å². The molecule has 4 rings (SSSR count). The van der Waals surface area contributed by atoms with Gasteiger partial charge < -0.3 is 20.1 Å². The highest BCUT2D eigenvalue weighted by atomic mass is 32.2. The summed E-state index contributed by atoms with van der Waals surface area (Å²) in [7, 11) is -2.90. The second-order valence-corrected chi connectivity index (χ2v) is 14.5. The number of hydrogen-bond acceptors (Lipinski definition) is 10. The number of hydrazine groups is 1. The predicted molar refractivity (Wildman–Crippen MR) is 146 cm³/mol. The van der Waals surface area contributed by atoms with E-state index in [1.807, 2.05) is 25.8 Å². The van der Waals surface area contributed by atoms with Crippen LogP contribution in [0.25, 0.3) is 0 Å². The summed E-state index contributed by atoms with van der Waals surface area (Å²) in [5.41, 5.74) is 2.85. The monoisotopic (exact) mass is 560 g/mol. The third kappa shape index (κ3) is 6.06. The summed E-state index contributed by atoms with van der Waals surface area (Å²) in [6, 6.07) is 9.02. The third-order valence-electron chi connectivity index (χ3n) is 7.63. The van der Waals surface area contributed by atoms with Crippen molar-refractivity contribution in [3.8, 4) is 6.07 Å². The summed E-state index contributed by atoms with van der Waals surface area (Å²) in [5.74, 6) is -0.928. The number of nitrogens with one attached hydrogen (secondary N) is 4. The number of anilines is 1. The van der Waals surface area contributed by atoms with E-state index in [9.17, 15) is 19.1 Å². The maximum absolute atomic E-state index is 13.1. The van der Waals surface area contributed by atoms with Crippen LogP contribution in [-0.4, -0.2) is 68.9 Å². The average Bonchev–Trinajstić information content (AvgIpc) is 3.24. The first kappa shape index (κ1) is 29.3. The van der Waals surface area contributed by atoms with Crippen LogP contribution in [-0.2, 0) is 28.8 Å². The van der Waals surface area contributed by atoms with Gasteiger partial charge in [-0.05, 0) is 78.1 Å². The number of nitrogens with zero attached hydrogens (tertiary/aromatic N) is 2. The Bertz CT molecular complexity index is 1210. The Labute approximate surface area is 230 Å². The second-order valence-electron chi connectivity index (χ2n) is 11.9. The van der Waals surface area contributed by atoms with Crippen molar-refractivity contribution in [2.45, 2.75) is 99.9 Å². The number of ether oxygens (including phenoxy) is 2. The van der Waals surface area contributed by atoms with Gasteiger partial charge in [0.1, 0.15) is 11.8 Å². The number of amides is 1. The molecule has 11 nitrogen and oxygen atoms in total. The highest BCUT2D eigenvalue weighted by Gasteiger charge is 2.56. The zero-order valence-electron chi connectivity index (χ0n) is 23.3. The molecule has 1 amide bonds. The Morgan fingerprint density at radius 3 is 2.59 bits per heavy atom. The van der Waals surface area contributed by atoms with Crippen LogP contribution in [0, 0.1) is 22.0 Å². The van der Waals surface area contributed by atoms with Gasteiger partial charge in [-0.15, -0.1) is 0 Å². The fraction of sp³-hybridized carbons (Fsp3) is 0.667. The smallest absolute Gasteiger partial charge is 0.335 e. The van der Waals surface area contributed by atoms with E-state index in [0.717, 1.165) is 0 Å². The molecule has 0 spiro atoms. The van der Waals surface area contributed by atoms with Crippen LogP contribution in [0.4, 0.5) is 5.69 Å². The summed E-state index contributed by atoms with van der Waals surface area (Å²) in [5, 5.41) is 17.8. The van der Waals surface area contributed by atoms with Crippen molar-refractivity contribution in [2.75, 3.05) is 18.5 Å². The van der Waals surface area contributed by atoms with Gasteiger partial charge in [-0.1, -0.05) is 0 Å². The standard InChI is InChI=1S/C27H40N6O5S/c1-17(2)39(29,36)19-8-6-18(7-9-19)31-23-22-20(11-15-30-24(22)34)33(32-23)27(13-14-28)12-10-21(37-16-27)25(35)38-26(3,4)5/h6-9,17,20-23,29,31-32H,10-13,15-16H2,1-5H3,(H,30,34)/t20?,21-,22?,23?,27-,39?/m0/s1. The molecule has 214 valence electrons. The first-order valence-electron chi connectivity index (χ1n) is 13.5. The highest BCUT2D eigenvalue weighted by molar-refractivity contribution is 7.93. The van der Waals surface area contributed by atoms with Crippen LogP contribution >= 0.6 is 0 Å². The first-order chi connectivity index (χ1) is 18.3. The number of carbonyl (C=O) groups is 2. The molecular formula is C27H40N6O5S. The van der Waals surface area contributed by atoms with Crippen molar-refractivity contribution < 1.29 is 23.3 Å². The minimum absolute atomic E-state index is 0.0835. The van der Waals surface area contributed by atoms with Gasteiger partial charge in [0.25, 0.3) is 0 Å². The van der Waals surface area contributed by atoms with Gasteiger partial charge in [0.15, 0.2) is 6.10 Å². The normalized spacial score (nSPS) is 31.1. The molecule has 3 saturated heterocycles. The van der Waals surface area contributed by atoms with Crippen molar-refractivity contribution in [1.29, 1.82) is 10.0 Å². The molecule has 3 aliphatic heterocycles. The van der Waals surface area contributed by atoms with E-state index >= 15 is 0 Å². The van der Waals surface area contributed by atoms with Crippen molar-refractivity contribution in [3.63, 3.8) is 0 Å². The molecule has 0 bridgehead atoms. The highest BCUT2D eigenvalue weighted by Crippen LogP contribution is 2.40. The third-order valence-corrected chi connectivity index (χ3v) is 9.93. The Morgan fingerprint density at radius 1 is 1.33 bits per heavy atom. The summed E-state index contributed by atoms with van der Waals surface area (Å²) in [4.78, 5) is 26.1. The number of rotatable bonds is 7. The largest absolute Gasteiger partial charge is 0.458 e. The quantitative estimate of drug-likeness (QED) is 0.368. The van der Waals surface area contributed by atoms with Gasteiger partial charge in [-0.3, -0.25) is 4.79 Å². The number of fused-ring (bicyclic) bond motifs is 1. The van der Waals surface area contributed by atoms with E-state index in [-0.39, 0.29) is 30.2 Å². The molecule has 0 saturated carbocycles. The van der Waals surface area contributed by atoms with Crippen LogP contribution in [0.2, 0.25) is 0 Å². The van der Waals surface area contributed by atoms with Crippen LogP contribution < -0.4 is 16.1 Å².